The second-order valence-corrected chi connectivity index (χ2v) is 8.84. The van der Waals surface area contributed by atoms with Gasteiger partial charge in [0.15, 0.2) is 11.2 Å². The van der Waals surface area contributed by atoms with Crippen LogP contribution in [0, 0.1) is 6.92 Å². The van der Waals surface area contributed by atoms with Crippen molar-refractivity contribution in [1.29, 1.82) is 0 Å². The zero-order valence-electron chi connectivity index (χ0n) is 18.7. The molecule has 3 aromatic heterocycles. The Morgan fingerprint density at radius 1 is 1.09 bits per heavy atom. The maximum atomic E-state index is 13.6. The van der Waals surface area contributed by atoms with E-state index in [0.717, 1.165) is 41.5 Å². The number of hydrogen-bond donors (Lipinski definition) is 0. The van der Waals surface area contributed by atoms with Gasteiger partial charge in [-0.3, -0.25) is 18.3 Å². The van der Waals surface area contributed by atoms with Gasteiger partial charge in [-0.05, 0) is 36.1 Å². The summed E-state index contributed by atoms with van der Waals surface area (Å²) in [6.45, 7) is 3.67. The van der Waals surface area contributed by atoms with Crippen molar-refractivity contribution in [2.24, 2.45) is 7.05 Å². The lowest BCUT2D eigenvalue weighted by molar-refractivity contribution is 0.0974. The number of nitrogens with zero attached hydrogens (tertiary/aromatic N) is 5. The smallest absolute Gasteiger partial charge is 0.332 e. The minimum atomic E-state index is -0.372. The van der Waals surface area contributed by atoms with E-state index in [1.54, 1.807) is 7.05 Å². The third kappa shape index (κ3) is 3.05. The number of fused-ring (bicyclic) bond motifs is 4. The number of aryl methyl sites for hydroxylation is 2. The van der Waals surface area contributed by atoms with Crippen LogP contribution in [0.4, 0.5) is 0 Å². The van der Waals surface area contributed by atoms with Crippen LogP contribution in [-0.2, 0) is 24.9 Å². The quantitative estimate of drug-likeness (QED) is 0.428. The largest absolute Gasteiger partial charge is 0.376 e. The molecule has 5 aromatic rings. The average Bonchev–Trinajstić information content (AvgIpc) is 3.53. The van der Waals surface area contributed by atoms with E-state index in [1.807, 2.05) is 60.0 Å². The molecular formula is C25H25N5O3. The molecule has 0 N–H and O–H groups in total. The normalized spacial score (nSPS) is 16.5. The highest BCUT2D eigenvalue weighted by Gasteiger charge is 2.23. The molecule has 1 atom stereocenters. The van der Waals surface area contributed by atoms with E-state index in [0.29, 0.717) is 23.5 Å². The van der Waals surface area contributed by atoms with Crippen molar-refractivity contribution >= 4 is 27.7 Å². The van der Waals surface area contributed by atoms with Gasteiger partial charge in [0, 0.05) is 25.5 Å². The minimum absolute atomic E-state index is 0.145. The summed E-state index contributed by atoms with van der Waals surface area (Å²) in [5.74, 6) is 0.660. The fourth-order valence-corrected chi connectivity index (χ4v) is 5.01. The Hall–Kier alpha value is -3.65. The molecule has 6 rings (SSSR count). The lowest BCUT2D eigenvalue weighted by Gasteiger charge is -2.11. The number of rotatable bonds is 4. The van der Waals surface area contributed by atoms with Gasteiger partial charge in [0.1, 0.15) is 0 Å². The summed E-state index contributed by atoms with van der Waals surface area (Å²) in [4.78, 5) is 31.6. The maximum absolute atomic E-state index is 13.6. The average molecular weight is 444 g/mol. The molecule has 0 bridgehead atoms. The Bertz CT molecular complexity index is 1640. The first-order valence-electron chi connectivity index (χ1n) is 11.3. The van der Waals surface area contributed by atoms with E-state index in [1.165, 1.54) is 9.13 Å². The first-order chi connectivity index (χ1) is 16.0. The number of hydrogen-bond acceptors (Lipinski definition) is 4. The first-order valence-corrected chi connectivity index (χ1v) is 11.3. The van der Waals surface area contributed by atoms with Gasteiger partial charge in [-0.2, -0.15) is 4.98 Å². The Kier molecular flexibility index (Phi) is 4.51. The highest BCUT2D eigenvalue weighted by atomic mass is 16.5. The van der Waals surface area contributed by atoms with Crippen molar-refractivity contribution in [2.75, 3.05) is 6.61 Å². The van der Waals surface area contributed by atoms with E-state index >= 15 is 0 Å². The second kappa shape index (κ2) is 7.45. The summed E-state index contributed by atoms with van der Waals surface area (Å²) in [6.07, 6.45) is 4.14. The molecule has 2 aromatic carbocycles. The first kappa shape index (κ1) is 20.0. The topological polar surface area (TPSA) is 75.5 Å². The Balaban J connectivity index is 1.54. The number of benzene rings is 2. The predicted octanol–water partition coefficient (Wildman–Crippen LogP) is 2.84. The number of imidazole rings is 2. The zero-order chi connectivity index (χ0) is 22.7. The highest BCUT2D eigenvalue weighted by Crippen LogP contribution is 2.21. The van der Waals surface area contributed by atoms with Crippen molar-refractivity contribution in [3.63, 3.8) is 0 Å². The molecule has 0 unspecified atom stereocenters. The number of aromatic nitrogens is 5. The SMILES string of the molecule is Cc1cn2c3c(=O)n(Cc4cccc5ccccc45)c(=O)n(C)c3nc2n1C[C@H]1CCCO1. The van der Waals surface area contributed by atoms with Gasteiger partial charge in [0.2, 0.25) is 5.78 Å². The lowest BCUT2D eigenvalue weighted by Crippen LogP contribution is -2.39. The van der Waals surface area contributed by atoms with Gasteiger partial charge in [0.25, 0.3) is 5.56 Å². The standard InChI is InChI=1S/C25H25N5O3/c1-16-13-29-21-22(26-24(29)28(16)15-19-10-6-12-33-19)27(2)25(32)30(23(21)31)14-18-9-5-8-17-7-3-4-11-20(17)18/h3-5,7-9,11,13,19H,6,10,12,14-15H2,1-2H3/t19-/m1/s1. The van der Waals surface area contributed by atoms with Gasteiger partial charge < -0.3 is 9.30 Å². The maximum Gasteiger partial charge on any atom is 0.332 e. The summed E-state index contributed by atoms with van der Waals surface area (Å²) >= 11 is 0. The summed E-state index contributed by atoms with van der Waals surface area (Å²) < 4.78 is 12.5. The van der Waals surface area contributed by atoms with Crippen LogP contribution < -0.4 is 11.2 Å². The Morgan fingerprint density at radius 2 is 1.91 bits per heavy atom. The van der Waals surface area contributed by atoms with Gasteiger partial charge in [-0.15, -0.1) is 0 Å². The molecule has 168 valence electrons. The summed E-state index contributed by atoms with van der Waals surface area (Å²) in [6, 6.07) is 14.0. The fourth-order valence-electron chi connectivity index (χ4n) is 5.01. The molecule has 0 radical (unpaired) electrons. The molecule has 0 spiro atoms. The fraction of sp³-hybridized carbons (Fsp3) is 0.320. The van der Waals surface area contributed by atoms with E-state index in [-0.39, 0.29) is 23.9 Å². The Labute approximate surface area is 189 Å². The lowest BCUT2D eigenvalue weighted by atomic mass is 10.0. The molecule has 1 saturated heterocycles. The minimum Gasteiger partial charge on any atom is -0.376 e. The van der Waals surface area contributed by atoms with E-state index in [9.17, 15) is 9.59 Å². The van der Waals surface area contributed by atoms with Gasteiger partial charge in [-0.1, -0.05) is 42.5 Å². The molecule has 0 aliphatic carbocycles. The molecule has 8 heteroatoms. The zero-order valence-corrected chi connectivity index (χ0v) is 18.7. The van der Waals surface area contributed by atoms with Crippen LogP contribution in [0.15, 0.2) is 58.3 Å². The molecule has 0 saturated carbocycles. The summed E-state index contributed by atoms with van der Waals surface area (Å²) in [5, 5.41) is 2.11. The molecule has 1 aliphatic heterocycles. The molecule has 4 heterocycles. The van der Waals surface area contributed by atoms with Gasteiger partial charge in [-0.25, -0.2) is 4.79 Å². The van der Waals surface area contributed by atoms with Crippen LogP contribution in [0.1, 0.15) is 24.1 Å². The van der Waals surface area contributed by atoms with E-state index in [4.69, 9.17) is 9.72 Å². The van der Waals surface area contributed by atoms with Crippen molar-refractivity contribution in [1.82, 2.24) is 23.1 Å². The molecule has 1 fully saturated rings. The van der Waals surface area contributed by atoms with E-state index < -0.39 is 0 Å². The van der Waals surface area contributed by atoms with Crippen LogP contribution in [0.5, 0.6) is 0 Å². The third-order valence-electron chi connectivity index (χ3n) is 6.76. The van der Waals surface area contributed by atoms with E-state index in [2.05, 4.69) is 4.57 Å². The monoisotopic (exact) mass is 443 g/mol. The molecule has 1 aliphatic rings. The second-order valence-electron chi connectivity index (χ2n) is 8.84. The van der Waals surface area contributed by atoms with Crippen LogP contribution in [0.25, 0.3) is 27.7 Å². The predicted molar refractivity (Wildman–Crippen MR) is 127 cm³/mol. The van der Waals surface area contributed by atoms with Crippen LogP contribution >= 0.6 is 0 Å². The van der Waals surface area contributed by atoms with Crippen LogP contribution in [0.2, 0.25) is 0 Å². The van der Waals surface area contributed by atoms with Crippen molar-refractivity contribution < 1.29 is 4.74 Å². The van der Waals surface area contributed by atoms with Crippen LogP contribution in [0.3, 0.4) is 0 Å². The molecule has 33 heavy (non-hydrogen) atoms. The highest BCUT2D eigenvalue weighted by molar-refractivity contribution is 5.85. The van der Waals surface area contributed by atoms with Gasteiger partial charge >= 0.3 is 5.69 Å². The van der Waals surface area contributed by atoms with Crippen molar-refractivity contribution in [2.45, 2.75) is 39.0 Å². The summed E-state index contributed by atoms with van der Waals surface area (Å²) in [7, 11) is 1.67. The molecular weight excluding hydrogens is 418 g/mol. The Morgan fingerprint density at radius 3 is 2.73 bits per heavy atom. The summed E-state index contributed by atoms with van der Waals surface area (Å²) in [5.41, 5.74) is 2.05. The number of ether oxygens (including phenoxy) is 1. The van der Waals surface area contributed by atoms with Crippen LogP contribution in [-0.4, -0.2) is 35.8 Å². The van der Waals surface area contributed by atoms with Crippen molar-refractivity contribution in [3.05, 3.63) is 80.8 Å². The molecule has 0 amide bonds. The van der Waals surface area contributed by atoms with Gasteiger partial charge in [0.05, 0.1) is 19.2 Å². The molecule has 8 nitrogen and oxygen atoms in total. The van der Waals surface area contributed by atoms with Crippen molar-refractivity contribution in [3.8, 4) is 0 Å². The third-order valence-corrected chi connectivity index (χ3v) is 6.76.